The van der Waals surface area contributed by atoms with Crippen molar-refractivity contribution in [2.45, 2.75) is 36.0 Å². The van der Waals surface area contributed by atoms with Crippen LogP contribution in [0.4, 0.5) is 0 Å². The number of carbonyl (C=O) groups excluding carboxylic acids is 1. The van der Waals surface area contributed by atoms with Crippen LogP contribution in [0.25, 0.3) is 5.57 Å². The molecule has 130 valence electrons. The summed E-state index contributed by atoms with van der Waals surface area (Å²) in [6, 6.07) is 14.7. The van der Waals surface area contributed by atoms with Crippen LogP contribution in [-0.4, -0.2) is 31.3 Å². The van der Waals surface area contributed by atoms with Gasteiger partial charge in [0, 0.05) is 28.3 Å². The van der Waals surface area contributed by atoms with Gasteiger partial charge in [0.05, 0.1) is 0 Å². The van der Waals surface area contributed by atoms with Gasteiger partial charge in [-0.15, -0.1) is 0 Å². The zero-order valence-corrected chi connectivity index (χ0v) is 16.0. The largest absolute Gasteiger partial charge is 0.309 e. The first-order valence-electron chi connectivity index (χ1n) is 8.90. The van der Waals surface area contributed by atoms with Gasteiger partial charge in [0.15, 0.2) is 5.78 Å². The third kappa shape index (κ3) is 4.05. The minimum atomic E-state index is 0.238. The first kappa shape index (κ1) is 18.0. The van der Waals surface area contributed by atoms with Crippen LogP contribution in [0.3, 0.4) is 0 Å². The maximum Gasteiger partial charge on any atom is 0.162 e. The molecular formula is C22H25NOS. The van der Waals surface area contributed by atoms with Crippen molar-refractivity contribution in [3.8, 4) is 0 Å². The van der Waals surface area contributed by atoms with E-state index in [9.17, 15) is 4.79 Å². The molecule has 0 aromatic heterocycles. The number of carbonyl (C=O) groups is 1. The van der Waals surface area contributed by atoms with E-state index >= 15 is 0 Å². The number of benzene rings is 2. The van der Waals surface area contributed by atoms with Crippen molar-refractivity contribution in [2.24, 2.45) is 0 Å². The fourth-order valence-electron chi connectivity index (χ4n) is 3.10. The number of hydrogen-bond donors (Lipinski definition) is 0. The fraction of sp³-hybridized carbons (Fsp3) is 0.318. The van der Waals surface area contributed by atoms with Crippen molar-refractivity contribution in [3.63, 3.8) is 0 Å². The summed E-state index contributed by atoms with van der Waals surface area (Å²) in [5.41, 5.74) is 4.57. The summed E-state index contributed by atoms with van der Waals surface area (Å²) < 4.78 is 0. The van der Waals surface area contributed by atoms with E-state index in [0.29, 0.717) is 6.42 Å². The molecule has 0 saturated carbocycles. The quantitative estimate of drug-likeness (QED) is 0.546. The summed E-state index contributed by atoms with van der Waals surface area (Å²) in [6.45, 7) is 3.07. The summed E-state index contributed by atoms with van der Waals surface area (Å²) in [5, 5.41) is 0. The standard InChI is InChI=1S/C22H25NOS/c1-4-8-20(24)16-12-13-22-19(15-16)17(10-7-14-23(2)3)18-9-5-6-11-21(18)25-22/h5-6,9-13,15H,4,7-8,14H2,1-3H3/b17-10-. The smallest absolute Gasteiger partial charge is 0.162 e. The van der Waals surface area contributed by atoms with Gasteiger partial charge in [0.25, 0.3) is 0 Å². The van der Waals surface area contributed by atoms with Crippen molar-refractivity contribution in [1.82, 2.24) is 4.90 Å². The Morgan fingerprint density at radius 3 is 2.60 bits per heavy atom. The number of Topliss-reactive ketones (excluding diaryl/α,β-unsaturated/α-hetero) is 1. The molecule has 0 fully saturated rings. The van der Waals surface area contributed by atoms with Crippen LogP contribution in [0.5, 0.6) is 0 Å². The van der Waals surface area contributed by atoms with Gasteiger partial charge in [0.1, 0.15) is 0 Å². The molecule has 0 bridgehead atoms. The van der Waals surface area contributed by atoms with Gasteiger partial charge >= 0.3 is 0 Å². The zero-order valence-electron chi connectivity index (χ0n) is 15.2. The lowest BCUT2D eigenvalue weighted by Gasteiger charge is -2.23. The molecule has 2 aromatic rings. The Labute approximate surface area is 154 Å². The lowest BCUT2D eigenvalue weighted by atomic mass is 9.93. The molecule has 25 heavy (non-hydrogen) atoms. The molecule has 2 aromatic carbocycles. The number of nitrogens with zero attached hydrogens (tertiary/aromatic N) is 1. The van der Waals surface area contributed by atoms with E-state index in [0.717, 1.165) is 24.9 Å². The summed E-state index contributed by atoms with van der Waals surface area (Å²) in [6.07, 6.45) is 4.82. The highest BCUT2D eigenvalue weighted by Crippen LogP contribution is 2.45. The Balaban J connectivity index is 2.04. The number of rotatable bonds is 6. The lowest BCUT2D eigenvalue weighted by molar-refractivity contribution is 0.0981. The molecule has 2 nitrogen and oxygen atoms in total. The summed E-state index contributed by atoms with van der Waals surface area (Å²) in [5.74, 6) is 0.238. The first-order valence-corrected chi connectivity index (χ1v) is 9.71. The molecule has 0 N–H and O–H groups in total. The minimum absolute atomic E-state index is 0.238. The Hall–Kier alpha value is -1.84. The third-order valence-electron chi connectivity index (χ3n) is 4.39. The van der Waals surface area contributed by atoms with Crippen molar-refractivity contribution in [1.29, 1.82) is 0 Å². The van der Waals surface area contributed by atoms with E-state index in [4.69, 9.17) is 0 Å². The van der Waals surface area contributed by atoms with E-state index in [1.807, 2.05) is 6.07 Å². The van der Waals surface area contributed by atoms with Crippen LogP contribution in [-0.2, 0) is 0 Å². The van der Waals surface area contributed by atoms with E-state index in [1.54, 1.807) is 11.8 Å². The average molecular weight is 352 g/mol. The highest BCUT2D eigenvalue weighted by Gasteiger charge is 2.21. The molecule has 0 spiro atoms. The maximum atomic E-state index is 12.4. The van der Waals surface area contributed by atoms with Crippen molar-refractivity contribution >= 4 is 23.1 Å². The van der Waals surface area contributed by atoms with Crippen LogP contribution in [0.15, 0.2) is 58.3 Å². The van der Waals surface area contributed by atoms with Gasteiger partial charge in [-0.2, -0.15) is 0 Å². The third-order valence-corrected chi connectivity index (χ3v) is 5.54. The van der Waals surface area contributed by atoms with Crippen LogP contribution >= 0.6 is 11.8 Å². The predicted octanol–water partition coefficient (Wildman–Crippen LogP) is 5.52. The monoisotopic (exact) mass is 351 g/mol. The van der Waals surface area contributed by atoms with Crippen LogP contribution < -0.4 is 0 Å². The van der Waals surface area contributed by atoms with Gasteiger partial charge in [-0.1, -0.05) is 49.0 Å². The molecule has 0 radical (unpaired) electrons. The normalized spacial score (nSPS) is 14.5. The van der Waals surface area contributed by atoms with Crippen LogP contribution in [0, 0.1) is 0 Å². The van der Waals surface area contributed by atoms with Gasteiger partial charge in [-0.3, -0.25) is 4.79 Å². The molecule has 0 atom stereocenters. The molecule has 3 heteroatoms. The summed E-state index contributed by atoms with van der Waals surface area (Å²) in [4.78, 5) is 17.1. The summed E-state index contributed by atoms with van der Waals surface area (Å²) >= 11 is 1.80. The van der Waals surface area contributed by atoms with E-state index in [2.05, 4.69) is 68.4 Å². The van der Waals surface area contributed by atoms with Crippen molar-refractivity contribution in [3.05, 3.63) is 65.2 Å². The van der Waals surface area contributed by atoms with Crippen molar-refractivity contribution < 1.29 is 4.79 Å². The van der Waals surface area contributed by atoms with E-state index in [-0.39, 0.29) is 5.78 Å². The second-order valence-electron chi connectivity index (χ2n) is 6.69. The molecular weight excluding hydrogens is 326 g/mol. The second-order valence-corrected chi connectivity index (χ2v) is 7.78. The van der Waals surface area contributed by atoms with Gasteiger partial charge in [-0.05, 0) is 61.8 Å². The highest BCUT2D eigenvalue weighted by molar-refractivity contribution is 7.99. The average Bonchev–Trinajstić information content (AvgIpc) is 2.60. The Bertz CT molecular complexity index is 807. The maximum absolute atomic E-state index is 12.4. The topological polar surface area (TPSA) is 20.3 Å². The zero-order chi connectivity index (χ0) is 17.8. The highest BCUT2D eigenvalue weighted by atomic mass is 32.2. The van der Waals surface area contributed by atoms with Crippen molar-refractivity contribution in [2.75, 3.05) is 20.6 Å². The van der Waals surface area contributed by atoms with E-state index in [1.165, 1.54) is 26.5 Å². The van der Waals surface area contributed by atoms with E-state index < -0.39 is 0 Å². The molecule has 1 aliphatic rings. The SMILES string of the molecule is CCCC(=O)c1ccc2c(c1)/C(=C\CCN(C)C)c1ccccc1S2. The second kappa shape index (κ2) is 8.03. The van der Waals surface area contributed by atoms with Crippen LogP contribution in [0.2, 0.25) is 0 Å². The summed E-state index contributed by atoms with van der Waals surface area (Å²) in [7, 11) is 4.19. The van der Waals surface area contributed by atoms with Gasteiger partial charge in [0.2, 0.25) is 0 Å². The minimum Gasteiger partial charge on any atom is -0.309 e. The van der Waals surface area contributed by atoms with Gasteiger partial charge < -0.3 is 4.90 Å². The molecule has 3 rings (SSSR count). The fourth-order valence-corrected chi connectivity index (χ4v) is 4.19. The first-order chi connectivity index (χ1) is 12.1. The molecule has 0 amide bonds. The molecule has 1 heterocycles. The number of ketones is 1. The predicted molar refractivity (Wildman–Crippen MR) is 106 cm³/mol. The lowest BCUT2D eigenvalue weighted by Crippen LogP contribution is -2.12. The molecule has 0 saturated heterocycles. The molecule has 0 aliphatic carbocycles. The Morgan fingerprint density at radius 1 is 1.08 bits per heavy atom. The van der Waals surface area contributed by atoms with Crippen LogP contribution in [0.1, 0.15) is 47.7 Å². The molecule has 1 aliphatic heterocycles. The Morgan fingerprint density at radius 2 is 1.84 bits per heavy atom. The Kier molecular flexibility index (Phi) is 5.77. The van der Waals surface area contributed by atoms with Gasteiger partial charge in [-0.25, -0.2) is 0 Å². The number of fused-ring (bicyclic) bond motifs is 2. The number of hydrogen-bond acceptors (Lipinski definition) is 3. The molecule has 0 unspecified atom stereocenters.